The van der Waals surface area contributed by atoms with Crippen molar-refractivity contribution in [2.75, 3.05) is 0 Å². The fraction of sp³-hybridized carbons (Fsp3) is 0.600. The molecule has 0 saturated carbocycles. The molecule has 3 aliphatic heterocycles. The first-order valence-corrected chi connectivity index (χ1v) is 9.02. The number of hydrogen-bond donors (Lipinski definition) is 0. The lowest BCUT2D eigenvalue weighted by Gasteiger charge is -2.17. The first-order valence-electron chi connectivity index (χ1n) is 9.02. The minimum atomic E-state index is -0.309. The van der Waals surface area contributed by atoms with E-state index in [1.54, 1.807) is 0 Å². The molecular weight excluding hydrogens is 320 g/mol. The molecule has 2 bridgehead atoms. The Labute approximate surface area is 147 Å². The largest absolute Gasteiger partial charge is 0.454 e. The van der Waals surface area contributed by atoms with Crippen LogP contribution in [0, 0.1) is 5.92 Å². The van der Waals surface area contributed by atoms with Crippen LogP contribution in [-0.4, -0.2) is 35.9 Å². The summed E-state index contributed by atoms with van der Waals surface area (Å²) in [5.74, 6) is -0.533. The van der Waals surface area contributed by atoms with Gasteiger partial charge in [0.2, 0.25) is 0 Å². The average Bonchev–Trinajstić information content (AvgIpc) is 2.93. The van der Waals surface area contributed by atoms with E-state index in [4.69, 9.17) is 14.2 Å². The Hall–Kier alpha value is -1.88. The molecule has 5 nitrogen and oxygen atoms in total. The van der Waals surface area contributed by atoms with Gasteiger partial charge in [-0.1, -0.05) is 12.2 Å². The van der Waals surface area contributed by atoms with Crippen molar-refractivity contribution in [1.82, 2.24) is 0 Å². The van der Waals surface area contributed by atoms with Gasteiger partial charge in [0, 0.05) is 23.5 Å². The third-order valence-electron chi connectivity index (χ3n) is 5.89. The molecule has 4 aliphatic rings. The van der Waals surface area contributed by atoms with Crippen LogP contribution in [0.15, 0.2) is 35.5 Å². The van der Waals surface area contributed by atoms with Gasteiger partial charge < -0.3 is 14.2 Å². The Balaban J connectivity index is 1.60. The highest BCUT2D eigenvalue weighted by molar-refractivity contribution is 5.91. The van der Waals surface area contributed by atoms with Gasteiger partial charge in [-0.15, -0.1) is 0 Å². The fourth-order valence-corrected chi connectivity index (χ4v) is 4.21. The van der Waals surface area contributed by atoms with Crippen molar-refractivity contribution in [1.29, 1.82) is 0 Å². The number of ether oxygens (including phenoxy) is 3. The van der Waals surface area contributed by atoms with E-state index in [0.717, 1.165) is 30.4 Å². The average molecular weight is 344 g/mol. The highest BCUT2D eigenvalue weighted by Crippen LogP contribution is 2.46. The predicted octanol–water partition coefficient (Wildman–Crippen LogP) is 3.00. The Morgan fingerprint density at radius 2 is 1.96 bits per heavy atom. The highest BCUT2D eigenvalue weighted by atomic mass is 16.6. The summed E-state index contributed by atoms with van der Waals surface area (Å²) in [6.07, 6.45) is 7.37. The monoisotopic (exact) mass is 344 g/mol. The van der Waals surface area contributed by atoms with Crippen LogP contribution in [0.25, 0.3) is 0 Å². The maximum absolute atomic E-state index is 12.0. The van der Waals surface area contributed by atoms with E-state index in [-0.39, 0.29) is 41.8 Å². The zero-order valence-electron chi connectivity index (χ0n) is 14.7. The molecule has 2 fully saturated rings. The van der Waals surface area contributed by atoms with Gasteiger partial charge in [-0.3, -0.25) is 0 Å². The van der Waals surface area contributed by atoms with Gasteiger partial charge in [0.1, 0.15) is 12.2 Å². The van der Waals surface area contributed by atoms with Crippen molar-refractivity contribution in [3.63, 3.8) is 0 Å². The number of rotatable bonds is 0. The van der Waals surface area contributed by atoms with E-state index < -0.39 is 0 Å². The van der Waals surface area contributed by atoms with Gasteiger partial charge in [-0.25, -0.2) is 9.59 Å². The normalized spacial score (nSPS) is 41.0. The Morgan fingerprint density at radius 3 is 2.76 bits per heavy atom. The van der Waals surface area contributed by atoms with Crippen LogP contribution in [0.1, 0.15) is 46.0 Å². The standard InChI is InChI=1S/C20H24O5/c1-11-8-14-10-13(19(22)23-14)4-5-17-20(3,25-17)7-6-15-12(2)18(21)24-16(15)9-11/h9-10,14-17H,2,4-8H2,1,3H3. The van der Waals surface area contributed by atoms with Crippen molar-refractivity contribution in [3.8, 4) is 0 Å². The van der Waals surface area contributed by atoms with E-state index >= 15 is 0 Å². The van der Waals surface area contributed by atoms with Crippen LogP contribution < -0.4 is 0 Å². The van der Waals surface area contributed by atoms with Crippen LogP contribution in [0.2, 0.25) is 0 Å². The number of esters is 2. The molecule has 3 heterocycles. The number of fused-ring (bicyclic) bond motifs is 3. The quantitative estimate of drug-likeness (QED) is 0.292. The first kappa shape index (κ1) is 16.6. The fourth-order valence-electron chi connectivity index (χ4n) is 4.21. The van der Waals surface area contributed by atoms with Gasteiger partial charge in [0.05, 0.1) is 11.7 Å². The molecular formula is C20H24O5. The second-order valence-corrected chi connectivity index (χ2v) is 7.85. The van der Waals surface area contributed by atoms with Gasteiger partial charge in [0.25, 0.3) is 0 Å². The molecule has 2 saturated heterocycles. The summed E-state index contributed by atoms with van der Waals surface area (Å²) in [6, 6.07) is 0. The molecule has 25 heavy (non-hydrogen) atoms. The minimum Gasteiger partial charge on any atom is -0.454 e. The number of epoxide rings is 1. The van der Waals surface area contributed by atoms with Gasteiger partial charge in [-0.2, -0.15) is 0 Å². The lowest BCUT2D eigenvalue weighted by atomic mass is 9.86. The van der Waals surface area contributed by atoms with Crippen molar-refractivity contribution in [2.24, 2.45) is 5.92 Å². The van der Waals surface area contributed by atoms with Crippen molar-refractivity contribution in [2.45, 2.75) is 69.9 Å². The number of hydrogen-bond acceptors (Lipinski definition) is 5. The molecule has 0 aromatic heterocycles. The maximum atomic E-state index is 12.0. The van der Waals surface area contributed by atoms with Crippen LogP contribution in [0.4, 0.5) is 0 Å². The summed E-state index contributed by atoms with van der Waals surface area (Å²) >= 11 is 0. The van der Waals surface area contributed by atoms with Gasteiger partial charge in [0.15, 0.2) is 0 Å². The van der Waals surface area contributed by atoms with Crippen LogP contribution in [0.3, 0.4) is 0 Å². The van der Waals surface area contributed by atoms with Crippen molar-refractivity contribution >= 4 is 11.9 Å². The Kier molecular flexibility index (Phi) is 3.87. The van der Waals surface area contributed by atoms with Crippen LogP contribution in [-0.2, 0) is 23.8 Å². The summed E-state index contributed by atoms with van der Waals surface area (Å²) in [5, 5.41) is 0. The molecule has 5 unspecified atom stereocenters. The first-order chi connectivity index (χ1) is 11.9. The molecule has 0 aromatic carbocycles. The van der Waals surface area contributed by atoms with E-state index in [2.05, 4.69) is 13.5 Å². The predicted molar refractivity (Wildman–Crippen MR) is 90.6 cm³/mol. The van der Waals surface area contributed by atoms with Crippen molar-refractivity contribution in [3.05, 3.63) is 35.5 Å². The summed E-state index contributed by atoms with van der Waals surface area (Å²) in [6.45, 7) is 8.02. The molecule has 0 aromatic rings. The SMILES string of the molecule is C=C1C(=O)OC2C=C(C)CC3C=C(CCC4OC4(C)CCC12)C(=O)O3. The Morgan fingerprint density at radius 1 is 1.16 bits per heavy atom. The third kappa shape index (κ3) is 3.06. The van der Waals surface area contributed by atoms with Crippen molar-refractivity contribution < 1.29 is 23.8 Å². The second kappa shape index (κ2) is 5.84. The van der Waals surface area contributed by atoms with E-state index in [9.17, 15) is 9.59 Å². The topological polar surface area (TPSA) is 65.1 Å². The molecule has 0 radical (unpaired) electrons. The van der Waals surface area contributed by atoms with Gasteiger partial charge >= 0.3 is 11.9 Å². The second-order valence-electron chi connectivity index (χ2n) is 7.85. The zero-order chi connectivity index (χ0) is 17.8. The van der Waals surface area contributed by atoms with E-state index in [1.807, 2.05) is 19.1 Å². The molecule has 5 heteroatoms. The molecule has 5 atom stereocenters. The van der Waals surface area contributed by atoms with E-state index in [0.29, 0.717) is 18.4 Å². The van der Waals surface area contributed by atoms with E-state index in [1.165, 1.54) is 0 Å². The summed E-state index contributed by atoms with van der Waals surface area (Å²) < 4.78 is 16.9. The maximum Gasteiger partial charge on any atom is 0.334 e. The highest BCUT2D eigenvalue weighted by Gasteiger charge is 2.52. The zero-order valence-corrected chi connectivity index (χ0v) is 14.7. The molecule has 0 amide bonds. The van der Waals surface area contributed by atoms with Crippen LogP contribution in [0.5, 0.6) is 0 Å². The lowest BCUT2D eigenvalue weighted by molar-refractivity contribution is -0.139. The molecule has 0 N–H and O–H groups in total. The number of carbonyl (C=O) groups excluding carboxylic acids is 2. The molecule has 4 rings (SSSR count). The Bertz CT molecular complexity index is 703. The minimum absolute atomic E-state index is 0.00991. The lowest BCUT2D eigenvalue weighted by Crippen LogP contribution is -2.19. The number of carbonyl (C=O) groups is 2. The van der Waals surface area contributed by atoms with Gasteiger partial charge in [-0.05, 0) is 51.7 Å². The van der Waals surface area contributed by atoms with Crippen LogP contribution >= 0.6 is 0 Å². The molecule has 134 valence electrons. The summed E-state index contributed by atoms with van der Waals surface area (Å²) in [7, 11) is 0. The third-order valence-corrected chi connectivity index (χ3v) is 5.89. The molecule has 0 spiro atoms. The smallest absolute Gasteiger partial charge is 0.334 e. The summed E-state index contributed by atoms with van der Waals surface area (Å²) in [5.41, 5.74) is 2.18. The summed E-state index contributed by atoms with van der Waals surface area (Å²) in [4.78, 5) is 24.0. The molecule has 1 aliphatic carbocycles.